The van der Waals surface area contributed by atoms with Gasteiger partial charge in [-0.25, -0.2) is 4.79 Å². The number of hydrogen-bond acceptors (Lipinski definition) is 2. The molecule has 0 aliphatic rings. The molecule has 0 fully saturated rings. The van der Waals surface area contributed by atoms with E-state index in [9.17, 15) is 9.90 Å². The maximum absolute atomic E-state index is 11.5. The monoisotopic (exact) mass is 262 g/mol. The van der Waals surface area contributed by atoms with E-state index in [0.717, 1.165) is 0 Å². The first-order chi connectivity index (χ1) is 8.59. The Morgan fingerprint density at radius 1 is 1.11 bits per heavy atom. The Labute approximate surface area is 109 Å². The molecular weight excluding hydrogens is 252 g/mol. The minimum atomic E-state index is -0.682. The normalized spacial score (nSPS) is 10.1. The molecule has 0 atom stereocenters. The number of aromatic hydroxyl groups is 1. The van der Waals surface area contributed by atoms with Gasteiger partial charge in [0.15, 0.2) is 0 Å². The SMILES string of the molecule is NC(=O)N(c1ccc(Cl)cc1)c1ccccc1O. The molecule has 3 N–H and O–H groups in total. The van der Waals surface area contributed by atoms with Gasteiger partial charge in [-0.15, -0.1) is 0 Å². The Balaban J connectivity index is 2.50. The van der Waals surface area contributed by atoms with Crippen molar-refractivity contribution in [1.29, 1.82) is 0 Å². The Morgan fingerprint density at radius 2 is 1.72 bits per heavy atom. The van der Waals surface area contributed by atoms with Gasteiger partial charge in [-0.2, -0.15) is 0 Å². The third kappa shape index (κ3) is 2.38. The molecule has 2 aromatic carbocycles. The van der Waals surface area contributed by atoms with Gasteiger partial charge in [0.25, 0.3) is 0 Å². The number of amides is 2. The van der Waals surface area contributed by atoms with Crippen LogP contribution in [0.15, 0.2) is 48.5 Å². The second-order valence-corrected chi connectivity index (χ2v) is 4.08. The van der Waals surface area contributed by atoms with E-state index >= 15 is 0 Å². The molecule has 2 rings (SSSR count). The number of halogens is 1. The van der Waals surface area contributed by atoms with E-state index in [1.54, 1.807) is 42.5 Å². The fourth-order valence-corrected chi connectivity index (χ4v) is 1.75. The lowest BCUT2D eigenvalue weighted by molar-refractivity contribution is 0.256. The predicted molar refractivity (Wildman–Crippen MR) is 71.3 cm³/mol. The molecule has 0 aliphatic carbocycles. The molecule has 2 amide bonds. The first kappa shape index (κ1) is 12.3. The molecule has 0 heterocycles. The largest absolute Gasteiger partial charge is 0.506 e. The molecule has 0 spiro atoms. The van der Waals surface area contributed by atoms with Crippen LogP contribution in [0.3, 0.4) is 0 Å². The smallest absolute Gasteiger partial charge is 0.324 e. The summed E-state index contributed by atoms with van der Waals surface area (Å²) >= 11 is 5.79. The summed E-state index contributed by atoms with van der Waals surface area (Å²) in [6.45, 7) is 0. The molecule has 0 radical (unpaired) electrons. The second-order valence-electron chi connectivity index (χ2n) is 3.64. The van der Waals surface area contributed by atoms with Crippen LogP contribution in [0.5, 0.6) is 5.75 Å². The number of urea groups is 1. The molecule has 2 aromatic rings. The molecule has 0 saturated carbocycles. The van der Waals surface area contributed by atoms with Crippen molar-refractivity contribution in [1.82, 2.24) is 0 Å². The molecule has 18 heavy (non-hydrogen) atoms. The highest BCUT2D eigenvalue weighted by molar-refractivity contribution is 6.30. The van der Waals surface area contributed by atoms with E-state index in [4.69, 9.17) is 17.3 Å². The highest BCUT2D eigenvalue weighted by Gasteiger charge is 2.17. The van der Waals surface area contributed by atoms with Crippen molar-refractivity contribution in [3.05, 3.63) is 53.6 Å². The third-order valence-corrected chi connectivity index (χ3v) is 2.68. The van der Waals surface area contributed by atoms with Crippen LogP contribution in [0.2, 0.25) is 5.02 Å². The number of rotatable bonds is 2. The zero-order valence-electron chi connectivity index (χ0n) is 9.38. The predicted octanol–water partition coefficient (Wildman–Crippen LogP) is 3.26. The van der Waals surface area contributed by atoms with Gasteiger partial charge in [-0.05, 0) is 36.4 Å². The highest BCUT2D eigenvalue weighted by Crippen LogP contribution is 2.32. The fourth-order valence-electron chi connectivity index (χ4n) is 1.63. The van der Waals surface area contributed by atoms with E-state index in [-0.39, 0.29) is 5.75 Å². The number of primary amides is 1. The van der Waals surface area contributed by atoms with Crippen molar-refractivity contribution in [3.63, 3.8) is 0 Å². The van der Waals surface area contributed by atoms with Crippen LogP contribution < -0.4 is 10.6 Å². The zero-order chi connectivity index (χ0) is 13.1. The van der Waals surface area contributed by atoms with Gasteiger partial charge in [0.05, 0.1) is 11.4 Å². The molecule has 0 saturated heterocycles. The summed E-state index contributed by atoms with van der Waals surface area (Å²) in [5.41, 5.74) is 6.21. The van der Waals surface area contributed by atoms with Crippen LogP contribution in [0.25, 0.3) is 0 Å². The van der Waals surface area contributed by atoms with Crippen LogP contribution in [0.1, 0.15) is 0 Å². The maximum Gasteiger partial charge on any atom is 0.324 e. The van der Waals surface area contributed by atoms with Crippen molar-refractivity contribution in [2.45, 2.75) is 0 Å². The van der Waals surface area contributed by atoms with Crippen LogP contribution in [-0.4, -0.2) is 11.1 Å². The minimum absolute atomic E-state index is 0.0220. The van der Waals surface area contributed by atoms with Crippen LogP contribution in [0, 0.1) is 0 Å². The second kappa shape index (κ2) is 4.98. The lowest BCUT2D eigenvalue weighted by Gasteiger charge is -2.21. The van der Waals surface area contributed by atoms with Gasteiger partial charge in [0.1, 0.15) is 5.75 Å². The van der Waals surface area contributed by atoms with Crippen molar-refractivity contribution in [2.24, 2.45) is 5.73 Å². The van der Waals surface area contributed by atoms with Crippen LogP contribution in [-0.2, 0) is 0 Å². The quantitative estimate of drug-likeness (QED) is 0.872. The Kier molecular flexibility index (Phi) is 3.39. The number of para-hydroxylation sites is 2. The van der Waals surface area contributed by atoms with Crippen LogP contribution >= 0.6 is 11.6 Å². The summed E-state index contributed by atoms with van der Waals surface area (Å²) in [5.74, 6) is -0.0220. The molecule has 4 nitrogen and oxygen atoms in total. The molecule has 5 heteroatoms. The maximum atomic E-state index is 11.5. The summed E-state index contributed by atoms with van der Waals surface area (Å²) in [6.07, 6.45) is 0. The molecule has 0 aromatic heterocycles. The molecule has 92 valence electrons. The lowest BCUT2D eigenvalue weighted by Crippen LogP contribution is -2.31. The average molecular weight is 263 g/mol. The number of nitrogens with zero attached hydrogens (tertiary/aromatic N) is 1. The van der Waals surface area contributed by atoms with Crippen LogP contribution in [0.4, 0.5) is 16.2 Å². The number of hydrogen-bond donors (Lipinski definition) is 2. The average Bonchev–Trinajstić information content (AvgIpc) is 2.34. The van der Waals surface area contributed by atoms with Gasteiger partial charge in [0, 0.05) is 5.02 Å². The fraction of sp³-hybridized carbons (Fsp3) is 0. The minimum Gasteiger partial charge on any atom is -0.506 e. The summed E-state index contributed by atoms with van der Waals surface area (Å²) in [5, 5.41) is 10.3. The standard InChI is InChI=1S/C13H11ClN2O2/c14-9-5-7-10(8-6-9)16(13(15)18)11-3-1-2-4-12(11)17/h1-8,17H,(H2,15,18). The zero-order valence-corrected chi connectivity index (χ0v) is 10.1. The molecule has 0 bridgehead atoms. The number of benzene rings is 2. The first-order valence-corrected chi connectivity index (χ1v) is 5.60. The van der Waals surface area contributed by atoms with Gasteiger partial charge < -0.3 is 10.8 Å². The first-order valence-electron chi connectivity index (χ1n) is 5.22. The van der Waals surface area contributed by atoms with Crippen molar-refractivity contribution in [2.75, 3.05) is 4.90 Å². The Bertz CT molecular complexity index is 569. The summed E-state index contributed by atoms with van der Waals surface area (Å²) < 4.78 is 0. The van der Waals surface area contributed by atoms with E-state index in [1.165, 1.54) is 11.0 Å². The van der Waals surface area contributed by atoms with Crippen molar-refractivity contribution in [3.8, 4) is 5.75 Å². The van der Waals surface area contributed by atoms with E-state index in [2.05, 4.69) is 0 Å². The highest BCUT2D eigenvalue weighted by atomic mass is 35.5. The van der Waals surface area contributed by atoms with Crippen molar-refractivity contribution >= 4 is 29.0 Å². The van der Waals surface area contributed by atoms with E-state index < -0.39 is 6.03 Å². The lowest BCUT2D eigenvalue weighted by atomic mass is 10.2. The number of carbonyl (C=O) groups excluding carboxylic acids is 1. The van der Waals surface area contributed by atoms with Gasteiger partial charge in [-0.1, -0.05) is 23.7 Å². The van der Waals surface area contributed by atoms with E-state index in [0.29, 0.717) is 16.4 Å². The number of phenolic OH excluding ortho intramolecular Hbond substituents is 1. The molecule has 0 aliphatic heterocycles. The van der Waals surface area contributed by atoms with Gasteiger partial charge in [0.2, 0.25) is 0 Å². The van der Waals surface area contributed by atoms with Gasteiger partial charge in [-0.3, -0.25) is 4.90 Å². The number of nitrogens with two attached hydrogens (primary N) is 1. The molecule has 0 unspecified atom stereocenters. The number of phenols is 1. The summed E-state index contributed by atoms with van der Waals surface area (Å²) in [6, 6.07) is 12.4. The van der Waals surface area contributed by atoms with E-state index in [1.807, 2.05) is 0 Å². The number of carbonyl (C=O) groups is 1. The Morgan fingerprint density at radius 3 is 2.28 bits per heavy atom. The number of anilines is 2. The van der Waals surface area contributed by atoms with Crippen molar-refractivity contribution < 1.29 is 9.90 Å². The summed E-state index contributed by atoms with van der Waals surface area (Å²) in [4.78, 5) is 12.8. The Hall–Kier alpha value is -2.20. The topological polar surface area (TPSA) is 66.6 Å². The summed E-state index contributed by atoms with van der Waals surface area (Å²) in [7, 11) is 0. The third-order valence-electron chi connectivity index (χ3n) is 2.43. The van der Waals surface area contributed by atoms with Gasteiger partial charge >= 0.3 is 6.03 Å². The molecular formula is C13H11ClN2O2.